The lowest BCUT2D eigenvalue weighted by molar-refractivity contribution is -0.116. The number of hydrogen-bond acceptors (Lipinski definition) is 5. The molecule has 0 spiro atoms. The van der Waals surface area contributed by atoms with Gasteiger partial charge in [-0.15, -0.1) is 0 Å². The summed E-state index contributed by atoms with van der Waals surface area (Å²) in [5, 5.41) is 6.12. The van der Waals surface area contributed by atoms with Gasteiger partial charge in [0.2, 0.25) is 5.91 Å². The molecule has 0 aliphatic heterocycles. The lowest BCUT2D eigenvalue weighted by atomic mass is 10.2. The van der Waals surface area contributed by atoms with Gasteiger partial charge in [-0.05, 0) is 61.7 Å². The fourth-order valence-corrected chi connectivity index (χ4v) is 2.78. The molecule has 0 saturated heterocycles. The third-order valence-corrected chi connectivity index (χ3v) is 4.39. The minimum Gasteiger partial charge on any atom is -0.494 e. The predicted octanol–water partition coefficient (Wildman–Crippen LogP) is 4.89. The number of anilines is 3. The Balaban J connectivity index is 1.39. The van der Waals surface area contributed by atoms with Crippen molar-refractivity contribution in [1.29, 1.82) is 0 Å². The van der Waals surface area contributed by atoms with E-state index in [9.17, 15) is 4.79 Å². The minimum absolute atomic E-state index is 0.0259. The van der Waals surface area contributed by atoms with Crippen LogP contribution < -0.4 is 15.4 Å². The smallest absolute Gasteiger partial charge is 0.224 e. The second-order valence-corrected chi connectivity index (χ2v) is 6.74. The molecule has 0 atom stereocenters. The molecule has 2 aromatic carbocycles. The van der Waals surface area contributed by atoms with Crippen molar-refractivity contribution in [2.75, 3.05) is 17.2 Å². The van der Waals surface area contributed by atoms with Crippen LogP contribution >= 0.6 is 0 Å². The number of aryl methyl sites for hydroxylation is 2. The fraction of sp³-hybridized carbons (Fsp3) is 0.261. The van der Waals surface area contributed by atoms with E-state index in [0.29, 0.717) is 19.4 Å². The van der Waals surface area contributed by atoms with Gasteiger partial charge in [-0.25, -0.2) is 9.97 Å². The number of rotatable bonds is 9. The van der Waals surface area contributed by atoms with Crippen molar-refractivity contribution in [3.63, 3.8) is 0 Å². The van der Waals surface area contributed by atoms with Gasteiger partial charge >= 0.3 is 0 Å². The molecule has 0 aliphatic rings. The standard InChI is InChI=1S/C23H26N4O2/c1-3-18-6-12-21(13-7-18)29-14-4-5-23(28)27-20-10-8-19(9-11-20)26-22-15-17(2)24-16-25-22/h6-13,15-16H,3-5,14H2,1-2H3,(H,27,28)(H,24,25,26). The Bertz CT molecular complexity index is 924. The second-order valence-electron chi connectivity index (χ2n) is 6.74. The predicted molar refractivity (Wildman–Crippen MR) is 116 cm³/mol. The summed E-state index contributed by atoms with van der Waals surface area (Å²) in [5.74, 6) is 1.55. The summed E-state index contributed by atoms with van der Waals surface area (Å²) < 4.78 is 5.69. The third-order valence-electron chi connectivity index (χ3n) is 4.39. The Kier molecular flexibility index (Phi) is 7.16. The average Bonchev–Trinajstić information content (AvgIpc) is 2.73. The summed E-state index contributed by atoms with van der Waals surface area (Å²) in [5.41, 5.74) is 3.83. The van der Waals surface area contributed by atoms with Gasteiger partial charge in [0.25, 0.3) is 0 Å². The number of benzene rings is 2. The molecule has 0 radical (unpaired) electrons. The average molecular weight is 390 g/mol. The van der Waals surface area contributed by atoms with E-state index in [-0.39, 0.29) is 5.91 Å². The van der Waals surface area contributed by atoms with Crippen molar-refractivity contribution in [3.05, 3.63) is 72.2 Å². The Morgan fingerprint density at radius 2 is 1.72 bits per heavy atom. The van der Waals surface area contributed by atoms with Crippen LogP contribution in [0.1, 0.15) is 31.0 Å². The molecule has 6 nitrogen and oxygen atoms in total. The number of carbonyl (C=O) groups excluding carboxylic acids is 1. The van der Waals surface area contributed by atoms with Crippen LogP contribution in [0.3, 0.4) is 0 Å². The zero-order valence-corrected chi connectivity index (χ0v) is 16.8. The summed E-state index contributed by atoms with van der Waals surface area (Å²) in [6.07, 6.45) is 3.61. The molecule has 1 amide bonds. The van der Waals surface area contributed by atoms with E-state index in [2.05, 4.69) is 39.7 Å². The summed E-state index contributed by atoms with van der Waals surface area (Å²) in [4.78, 5) is 20.4. The van der Waals surface area contributed by atoms with E-state index in [4.69, 9.17) is 4.74 Å². The van der Waals surface area contributed by atoms with E-state index in [1.807, 2.05) is 49.4 Å². The lowest BCUT2D eigenvalue weighted by Gasteiger charge is -2.09. The number of amides is 1. The molecule has 3 rings (SSSR count). The molecule has 0 unspecified atom stereocenters. The number of nitrogens with zero attached hydrogens (tertiary/aromatic N) is 2. The maximum Gasteiger partial charge on any atom is 0.224 e. The molecule has 0 bridgehead atoms. The summed E-state index contributed by atoms with van der Waals surface area (Å²) >= 11 is 0. The van der Waals surface area contributed by atoms with Crippen LogP contribution in [0, 0.1) is 6.92 Å². The van der Waals surface area contributed by atoms with Crippen molar-refractivity contribution >= 4 is 23.1 Å². The van der Waals surface area contributed by atoms with Crippen molar-refractivity contribution in [3.8, 4) is 5.75 Å². The Hall–Kier alpha value is -3.41. The van der Waals surface area contributed by atoms with Crippen molar-refractivity contribution in [1.82, 2.24) is 9.97 Å². The highest BCUT2D eigenvalue weighted by atomic mass is 16.5. The normalized spacial score (nSPS) is 10.4. The molecule has 1 heterocycles. The lowest BCUT2D eigenvalue weighted by Crippen LogP contribution is -2.12. The largest absolute Gasteiger partial charge is 0.494 e. The number of ether oxygens (including phenoxy) is 1. The molecule has 29 heavy (non-hydrogen) atoms. The SMILES string of the molecule is CCc1ccc(OCCCC(=O)Nc2ccc(Nc3cc(C)ncn3)cc2)cc1. The maximum atomic E-state index is 12.1. The first-order chi connectivity index (χ1) is 14.1. The van der Waals surface area contributed by atoms with Gasteiger partial charge in [-0.3, -0.25) is 4.79 Å². The van der Waals surface area contributed by atoms with Gasteiger partial charge in [0.15, 0.2) is 0 Å². The van der Waals surface area contributed by atoms with Gasteiger partial charge in [-0.2, -0.15) is 0 Å². The number of nitrogens with one attached hydrogen (secondary N) is 2. The van der Waals surface area contributed by atoms with E-state index >= 15 is 0 Å². The third kappa shape index (κ3) is 6.60. The van der Waals surface area contributed by atoms with Crippen LogP contribution in [0.2, 0.25) is 0 Å². The van der Waals surface area contributed by atoms with E-state index in [0.717, 1.165) is 35.1 Å². The topological polar surface area (TPSA) is 76.1 Å². The van der Waals surface area contributed by atoms with Gasteiger partial charge < -0.3 is 15.4 Å². The number of aromatic nitrogens is 2. The molecule has 0 saturated carbocycles. The molecule has 3 aromatic rings. The summed E-state index contributed by atoms with van der Waals surface area (Å²) in [6, 6.07) is 17.5. The van der Waals surface area contributed by atoms with Crippen molar-refractivity contribution in [2.45, 2.75) is 33.1 Å². The first-order valence-corrected chi connectivity index (χ1v) is 9.79. The summed E-state index contributed by atoms with van der Waals surface area (Å²) in [7, 11) is 0. The molecule has 2 N–H and O–H groups in total. The Morgan fingerprint density at radius 1 is 1.00 bits per heavy atom. The number of hydrogen-bond donors (Lipinski definition) is 2. The van der Waals surface area contributed by atoms with Crippen molar-refractivity contribution < 1.29 is 9.53 Å². The molecular formula is C23H26N4O2. The van der Waals surface area contributed by atoms with Crippen LogP contribution in [-0.2, 0) is 11.2 Å². The first-order valence-electron chi connectivity index (χ1n) is 9.79. The van der Waals surface area contributed by atoms with Crippen molar-refractivity contribution in [2.24, 2.45) is 0 Å². The minimum atomic E-state index is -0.0259. The zero-order chi connectivity index (χ0) is 20.5. The maximum absolute atomic E-state index is 12.1. The van der Waals surface area contributed by atoms with Crippen LogP contribution in [0.5, 0.6) is 5.75 Å². The van der Waals surface area contributed by atoms with E-state index < -0.39 is 0 Å². The van der Waals surface area contributed by atoms with Gasteiger partial charge in [0.1, 0.15) is 17.9 Å². The molecule has 6 heteroatoms. The van der Waals surface area contributed by atoms with Crippen LogP contribution in [0.15, 0.2) is 60.9 Å². The molecule has 0 aliphatic carbocycles. The highest BCUT2D eigenvalue weighted by Gasteiger charge is 2.04. The van der Waals surface area contributed by atoms with E-state index in [1.165, 1.54) is 11.9 Å². The van der Waals surface area contributed by atoms with Gasteiger partial charge in [0.05, 0.1) is 6.61 Å². The quantitative estimate of drug-likeness (QED) is 0.509. The number of carbonyl (C=O) groups is 1. The second kappa shape index (κ2) is 10.2. The summed E-state index contributed by atoms with van der Waals surface area (Å²) in [6.45, 7) is 4.55. The van der Waals surface area contributed by atoms with Gasteiger partial charge in [-0.1, -0.05) is 19.1 Å². The van der Waals surface area contributed by atoms with Crippen LogP contribution in [0.4, 0.5) is 17.2 Å². The monoisotopic (exact) mass is 390 g/mol. The zero-order valence-electron chi connectivity index (χ0n) is 16.8. The molecule has 1 aromatic heterocycles. The highest BCUT2D eigenvalue weighted by molar-refractivity contribution is 5.90. The van der Waals surface area contributed by atoms with Crippen LogP contribution in [-0.4, -0.2) is 22.5 Å². The fourth-order valence-electron chi connectivity index (χ4n) is 2.78. The highest BCUT2D eigenvalue weighted by Crippen LogP contribution is 2.18. The molecule has 150 valence electrons. The van der Waals surface area contributed by atoms with E-state index in [1.54, 1.807) is 0 Å². The Labute approximate surface area is 171 Å². The molecule has 0 fully saturated rings. The van der Waals surface area contributed by atoms with Crippen LogP contribution in [0.25, 0.3) is 0 Å². The Morgan fingerprint density at radius 3 is 2.41 bits per heavy atom. The van der Waals surface area contributed by atoms with Gasteiger partial charge in [0, 0.05) is 29.6 Å². The molecular weight excluding hydrogens is 364 g/mol. The first kappa shape index (κ1) is 20.3.